The number of rotatable bonds is 4. The van der Waals surface area contributed by atoms with Gasteiger partial charge >= 0.3 is 0 Å². The van der Waals surface area contributed by atoms with Crippen molar-refractivity contribution in [2.75, 3.05) is 0 Å². The highest BCUT2D eigenvalue weighted by Gasteiger charge is 2.04. The fourth-order valence-electron chi connectivity index (χ4n) is 1.21. The fourth-order valence-corrected chi connectivity index (χ4v) is 1.43. The Morgan fingerprint density at radius 2 is 2.25 bits per heavy atom. The molecule has 0 saturated carbocycles. The summed E-state index contributed by atoms with van der Waals surface area (Å²) < 4.78 is 0. The molecule has 1 amide bonds. The second-order valence-corrected chi connectivity index (χ2v) is 4.02. The zero-order chi connectivity index (χ0) is 11.3. The average molecular weight is 263 g/mol. The summed E-state index contributed by atoms with van der Waals surface area (Å²) in [7, 11) is 0. The molecule has 1 atom stereocenters. The monoisotopic (exact) mass is 262 g/mol. The summed E-state index contributed by atoms with van der Waals surface area (Å²) in [5.41, 5.74) is 6.49. The van der Waals surface area contributed by atoms with Gasteiger partial charge in [-0.2, -0.15) is 0 Å². The molecule has 0 aromatic heterocycles. The van der Waals surface area contributed by atoms with Crippen molar-refractivity contribution >= 4 is 29.9 Å². The maximum Gasteiger partial charge on any atom is 0.221 e. The van der Waals surface area contributed by atoms with Gasteiger partial charge in [-0.1, -0.05) is 23.7 Å². The van der Waals surface area contributed by atoms with E-state index in [1.54, 1.807) is 13.0 Å². The Kier molecular flexibility index (Phi) is 7.13. The number of nitrogens with two attached hydrogens (primary N) is 1. The molecule has 3 N–H and O–H groups in total. The third kappa shape index (κ3) is 5.95. The number of nitrogens with one attached hydrogen (secondary N) is 1. The quantitative estimate of drug-likeness (QED) is 0.874. The standard InChI is InChI=1S/C11H15ClN2O.ClH/c1-8(13)5-11(15)14-7-9-3-2-4-10(12)6-9;/h2-4,6,8H,5,7,13H2,1H3,(H,14,15);1H. The van der Waals surface area contributed by atoms with Crippen molar-refractivity contribution in [1.82, 2.24) is 5.32 Å². The number of hydrogen-bond acceptors (Lipinski definition) is 2. The summed E-state index contributed by atoms with van der Waals surface area (Å²) in [4.78, 5) is 11.3. The highest BCUT2D eigenvalue weighted by Crippen LogP contribution is 2.10. The number of carbonyl (C=O) groups excluding carboxylic acids is 1. The van der Waals surface area contributed by atoms with Gasteiger partial charge in [-0.15, -0.1) is 12.4 Å². The van der Waals surface area contributed by atoms with E-state index < -0.39 is 0 Å². The van der Waals surface area contributed by atoms with Crippen molar-refractivity contribution in [3.63, 3.8) is 0 Å². The lowest BCUT2D eigenvalue weighted by molar-refractivity contribution is -0.121. The van der Waals surface area contributed by atoms with Crippen molar-refractivity contribution in [3.05, 3.63) is 34.9 Å². The van der Waals surface area contributed by atoms with E-state index in [4.69, 9.17) is 17.3 Å². The first-order chi connectivity index (χ1) is 7.08. The fraction of sp³-hybridized carbons (Fsp3) is 0.364. The van der Waals surface area contributed by atoms with Crippen LogP contribution in [0.25, 0.3) is 0 Å². The SMILES string of the molecule is CC(N)CC(=O)NCc1cccc(Cl)c1.Cl. The maximum absolute atomic E-state index is 11.3. The van der Waals surface area contributed by atoms with Gasteiger partial charge in [0.1, 0.15) is 0 Å². The number of hydrogen-bond donors (Lipinski definition) is 2. The Morgan fingerprint density at radius 3 is 2.81 bits per heavy atom. The van der Waals surface area contributed by atoms with Gasteiger partial charge in [0.2, 0.25) is 5.91 Å². The van der Waals surface area contributed by atoms with Crippen molar-refractivity contribution in [2.24, 2.45) is 5.73 Å². The minimum Gasteiger partial charge on any atom is -0.352 e. The van der Waals surface area contributed by atoms with Gasteiger partial charge in [0.05, 0.1) is 0 Å². The highest BCUT2D eigenvalue weighted by molar-refractivity contribution is 6.30. The molecule has 0 radical (unpaired) electrons. The molecule has 0 aliphatic carbocycles. The number of amides is 1. The number of benzene rings is 1. The summed E-state index contributed by atoms with van der Waals surface area (Å²) in [6, 6.07) is 7.29. The summed E-state index contributed by atoms with van der Waals surface area (Å²) in [6.07, 6.45) is 0.348. The number of carbonyl (C=O) groups is 1. The lowest BCUT2D eigenvalue weighted by Crippen LogP contribution is -2.29. The highest BCUT2D eigenvalue weighted by atomic mass is 35.5. The van der Waals surface area contributed by atoms with Crippen LogP contribution in [-0.4, -0.2) is 11.9 Å². The lowest BCUT2D eigenvalue weighted by Gasteiger charge is -2.07. The molecule has 5 heteroatoms. The Balaban J connectivity index is 0.00000225. The lowest BCUT2D eigenvalue weighted by atomic mass is 10.2. The summed E-state index contributed by atoms with van der Waals surface area (Å²) >= 11 is 5.81. The summed E-state index contributed by atoms with van der Waals surface area (Å²) in [5, 5.41) is 3.45. The van der Waals surface area contributed by atoms with Crippen LogP contribution in [0.2, 0.25) is 5.02 Å². The molecular weight excluding hydrogens is 247 g/mol. The Hall–Kier alpha value is -0.770. The molecular formula is C11H16Cl2N2O. The molecule has 0 spiro atoms. The molecule has 0 saturated heterocycles. The zero-order valence-corrected chi connectivity index (χ0v) is 10.6. The predicted molar refractivity (Wildman–Crippen MR) is 68.8 cm³/mol. The first-order valence-corrected chi connectivity index (χ1v) is 5.22. The van der Waals surface area contributed by atoms with Crippen LogP contribution in [0.5, 0.6) is 0 Å². The molecule has 1 unspecified atom stereocenters. The first-order valence-electron chi connectivity index (χ1n) is 4.84. The van der Waals surface area contributed by atoms with E-state index in [1.807, 2.05) is 18.2 Å². The van der Waals surface area contributed by atoms with E-state index in [1.165, 1.54) is 0 Å². The molecule has 0 aliphatic rings. The Bertz CT molecular complexity index is 343. The van der Waals surface area contributed by atoms with E-state index in [0.29, 0.717) is 18.0 Å². The van der Waals surface area contributed by atoms with Crippen LogP contribution >= 0.6 is 24.0 Å². The van der Waals surface area contributed by atoms with E-state index in [2.05, 4.69) is 5.32 Å². The molecule has 0 heterocycles. The van der Waals surface area contributed by atoms with Crippen molar-refractivity contribution in [3.8, 4) is 0 Å². The van der Waals surface area contributed by atoms with Gasteiger partial charge in [0.25, 0.3) is 0 Å². The van der Waals surface area contributed by atoms with Crippen LogP contribution in [0.1, 0.15) is 18.9 Å². The van der Waals surface area contributed by atoms with E-state index in [0.717, 1.165) is 5.56 Å². The summed E-state index contributed by atoms with van der Waals surface area (Å²) in [5.74, 6) is -0.0371. The molecule has 1 aromatic rings. The van der Waals surface area contributed by atoms with E-state index in [9.17, 15) is 4.79 Å². The van der Waals surface area contributed by atoms with Gasteiger partial charge in [0.15, 0.2) is 0 Å². The smallest absolute Gasteiger partial charge is 0.221 e. The summed E-state index contributed by atoms with van der Waals surface area (Å²) in [6.45, 7) is 2.30. The normalized spacial score (nSPS) is 11.4. The Morgan fingerprint density at radius 1 is 1.56 bits per heavy atom. The zero-order valence-electron chi connectivity index (χ0n) is 9.07. The van der Waals surface area contributed by atoms with Gasteiger partial charge < -0.3 is 11.1 Å². The van der Waals surface area contributed by atoms with E-state index in [-0.39, 0.29) is 24.4 Å². The minimum absolute atomic E-state index is 0. The largest absolute Gasteiger partial charge is 0.352 e. The van der Waals surface area contributed by atoms with Gasteiger partial charge in [-0.25, -0.2) is 0 Å². The van der Waals surface area contributed by atoms with Crippen LogP contribution in [0, 0.1) is 0 Å². The van der Waals surface area contributed by atoms with Crippen LogP contribution < -0.4 is 11.1 Å². The topological polar surface area (TPSA) is 55.1 Å². The Labute approximate surface area is 107 Å². The van der Waals surface area contributed by atoms with Gasteiger partial charge in [0, 0.05) is 24.0 Å². The third-order valence-electron chi connectivity index (χ3n) is 1.89. The minimum atomic E-state index is -0.107. The van der Waals surface area contributed by atoms with Crippen LogP contribution in [-0.2, 0) is 11.3 Å². The van der Waals surface area contributed by atoms with Gasteiger partial charge in [-0.3, -0.25) is 4.79 Å². The van der Waals surface area contributed by atoms with Crippen molar-refractivity contribution < 1.29 is 4.79 Å². The van der Waals surface area contributed by atoms with Crippen molar-refractivity contribution in [2.45, 2.75) is 25.9 Å². The molecule has 3 nitrogen and oxygen atoms in total. The molecule has 16 heavy (non-hydrogen) atoms. The molecule has 1 aromatic carbocycles. The molecule has 0 fully saturated rings. The number of halogens is 2. The molecule has 90 valence electrons. The van der Waals surface area contributed by atoms with Gasteiger partial charge in [-0.05, 0) is 24.6 Å². The average Bonchev–Trinajstić information content (AvgIpc) is 2.14. The van der Waals surface area contributed by atoms with E-state index >= 15 is 0 Å². The molecule has 0 bridgehead atoms. The third-order valence-corrected chi connectivity index (χ3v) is 2.12. The van der Waals surface area contributed by atoms with Crippen LogP contribution in [0.15, 0.2) is 24.3 Å². The maximum atomic E-state index is 11.3. The molecule has 1 rings (SSSR count). The first kappa shape index (κ1) is 15.2. The molecule has 0 aliphatic heterocycles. The van der Waals surface area contributed by atoms with Crippen LogP contribution in [0.4, 0.5) is 0 Å². The second kappa shape index (κ2) is 7.49. The van der Waals surface area contributed by atoms with Crippen LogP contribution in [0.3, 0.4) is 0 Å². The predicted octanol–water partition coefficient (Wildman–Crippen LogP) is 2.12. The van der Waals surface area contributed by atoms with Crippen molar-refractivity contribution in [1.29, 1.82) is 0 Å². The second-order valence-electron chi connectivity index (χ2n) is 3.59.